The molecule has 0 bridgehead atoms. The highest BCUT2D eigenvalue weighted by atomic mass is 35.5. The van der Waals surface area contributed by atoms with Crippen LogP contribution in [0.4, 0.5) is 0 Å². The molecule has 0 amide bonds. The van der Waals surface area contributed by atoms with Crippen LogP contribution in [0.15, 0.2) is 77.7 Å². The number of para-hydroxylation sites is 1. The van der Waals surface area contributed by atoms with Crippen molar-refractivity contribution in [3.8, 4) is 5.75 Å². The quantitative estimate of drug-likeness (QED) is 0.538. The molecule has 0 aliphatic heterocycles. The van der Waals surface area contributed by atoms with Crippen LogP contribution in [0.1, 0.15) is 11.1 Å². The monoisotopic (exact) mass is 406 g/mol. The minimum atomic E-state index is -3.39. The third-order valence-corrected chi connectivity index (χ3v) is 6.08. The predicted octanol–water partition coefficient (Wildman–Crippen LogP) is 5.55. The van der Waals surface area contributed by atoms with Gasteiger partial charge in [0.1, 0.15) is 6.61 Å². The van der Waals surface area contributed by atoms with E-state index >= 15 is 0 Å². The number of hydrogen-bond donors (Lipinski definition) is 0. The number of benzene rings is 3. The summed E-state index contributed by atoms with van der Waals surface area (Å²) in [6.45, 7) is 0.239. The summed E-state index contributed by atoms with van der Waals surface area (Å²) in [6.07, 6.45) is 0. The molecule has 3 aromatic rings. The van der Waals surface area contributed by atoms with Crippen molar-refractivity contribution in [2.24, 2.45) is 0 Å². The van der Waals surface area contributed by atoms with Crippen molar-refractivity contribution in [1.29, 1.82) is 0 Å². The van der Waals surface area contributed by atoms with E-state index < -0.39 is 9.84 Å². The highest BCUT2D eigenvalue weighted by Crippen LogP contribution is 2.33. The van der Waals surface area contributed by atoms with E-state index in [1.807, 2.05) is 18.2 Å². The smallest absolute Gasteiger partial charge is 0.182 e. The van der Waals surface area contributed by atoms with Crippen LogP contribution in [-0.2, 0) is 22.2 Å². The summed E-state index contributed by atoms with van der Waals surface area (Å²) in [7, 11) is -3.39. The minimum absolute atomic E-state index is 0.0289. The SMILES string of the molecule is O=S(=O)(Cc1ccccc1)c1ccc(COc2c(Cl)cccc2Cl)cc1. The average molecular weight is 407 g/mol. The summed E-state index contributed by atoms with van der Waals surface area (Å²) in [4.78, 5) is 0.279. The van der Waals surface area contributed by atoms with E-state index in [0.717, 1.165) is 11.1 Å². The van der Waals surface area contributed by atoms with Crippen molar-refractivity contribution >= 4 is 33.0 Å². The van der Waals surface area contributed by atoms with Crippen LogP contribution < -0.4 is 4.74 Å². The summed E-state index contributed by atoms with van der Waals surface area (Å²) < 4.78 is 30.7. The number of sulfone groups is 1. The maximum absolute atomic E-state index is 12.5. The first-order valence-corrected chi connectivity index (χ1v) is 10.3. The normalized spacial score (nSPS) is 11.3. The first-order valence-electron chi connectivity index (χ1n) is 7.88. The number of ether oxygens (including phenoxy) is 1. The standard InChI is InChI=1S/C20H16Cl2O3S/c21-18-7-4-8-19(22)20(18)25-13-15-9-11-17(12-10-15)26(23,24)14-16-5-2-1-3-6-16/h1-12H,13-14H2. The van der Waals surface area contributed by atoms with Gasteiger partial charge >= 0.3 is 0 Å². The van der Waals surface area contributed by atoms with E-state index in [2.05, 4.69) is 0 Å². The van der Waals surface area contributed by atoms with Crippen LogP contribution in [0.3, 0.4) is 0 Å². The van der Waals surface area contributed by atoms with Gasteiger partial charge in [0.05, 0.1) is 20.7 Å². The lowest BCUT2D eigenvalue weighted by atomic mass is 10.2. The third-order valence-electron chi connectivity index (χ3n) is 3.78. The van der Waals surface area contributed by atoms with Crippen LogP contribution in [0.25, 0.3) is 0 Å². The van der Waals surface area contributed by atoms with Crippen molar-refractivity contribution in [1.82, 2.24) is 0 Å². The van der Waals surface area contributed by atoms with Crippen molar-refractivity contribution < 1.29 is 13.2 Å². The fourth-order valence-corrected chi connectivity index (χ4v) is 4.30. The highest BCUT2D eigenvalue weighted by molar-refractivity contribution is 7.90. The van der Waals surface area contributed by atoms with Gasteiger partial charge in [-0.25, -0.2) is 8.42 Å². The lowest BCUT2D eigenvalue weighted by Gasteiger charge is -2.10. The lowest BCUT2D eigenvalue weighted by molar-refractivity contribution is 0.306. The number of hydrogen-bond acceptors (Lipinski definition) is 3. The van der Waals surface area contributed by atoms with Gasteiger partial charge in [0.15, 0.2) is 15.6 Å². The van der Waals surface area contributed by atoms with Gasteiger partial charge in [-0.1, -0.05) is 71.7 Å². The van der Waals surface area contributed by atoms with E-state index in [1.54, 1.807) is 54.6 Å². The molecule has 0 saturated heterocycles. The molecule has 0 fully saturated rings. The number of halogens is 2. The molecule has 0 aliphatic rings. The molecule has 0 unspecified atom stereocenters. The Morgan fingerprint density at radius 2 is 1.35 bits per heavy atom. The van der Waals surface area contributed by atoms with Crippen molar-refractivity contribution in [2.75, 3.05) is 0 Å². The highest BCUT2D eigenvalue weighted by Gasteiger charge is 2.15. The summed E-state index contributed by atoms with van der Waals surface area (Å²) in [6, 6.07) is 20.9. The Kier molecular flexibility index (Phi) is 5.87. The van der Waals surface area contributed by atoms with Gasteiger partial charge in [-0.15, -0.1) is 0 Å². The zero-order valence-electron chi connectivity index (χ0n) is 13.7. The maximum atomic E-state index is 12.5. The van der Waals surface area contributed by atoms with Crippen LogP contribution in [-0.4, -0.2) is 8.42 Å². The Labute approximate surface area is 163 Å². The Bertz CT molecular complexity index is 965. The molecular formula is C20H16Cl2O3S. The molecule has 6 heteroatoms. The predicted molar refractivity (Wildman–Crippen MR) is 105 cm³/mol. The molecule has 0 heterocycles. The average Bonchev–Trinajstić information content (AvgIpc) is 2.62. The Morgan fingerprint density at radius 1 is 0.731 bits per heavy atom. The van der Waals surface area contributed by atoms with Gasteiger partial charge in [0.25, 0.3) is 0 Å². The Balaban J connectivity index is 1.70. The molecule has 3 rings (SSSR count). The minimum Gasteiger partial charge on any atom is -0.486 e. The molecule has 0 spiro atoms. The molecule has 26 heavy (non-hydrogen) atoms. The van der Waals surface area contributed by atoms with Crippen LogP contribution >= 0.6 is 23.2 Å². The van der Waals surface area contributed by atoms with E-state index in [9.17, 15) is 8.42 Å². The van der Waals surface area contributed by atoms with Gasteiger partial charge in [-0.05, 0) is 35.4 Å². The van der Waals surface area contributed by atoms with Gasteiger partial charge in [0, 0.05) is 0 Å². The van der Waals surface area contributed by atoms with Gasteiger partial charge in [0.2, 0.25) is 0 Å². The molecule has 3 nitrogen and oxygen atoms in total. The fourth-order valence-electron chi connectivity index (χ4n) is 2.45. The van der Waals surface area contributed by atoms with Gasteiger partial charge in [-0.2, -0.15) is 0 Å². The summed E-state index contributed by atoms with van der Waals surface area (Å²) in [5.74, 6) is 0.385. The van der Waals surface area contributed by atoms with Crippen molar-refractivity contribution in [2.45, 2.75) is 17.3 Å². The number of rotatable bonds is 6. The van der Waals surface area contributed by atoms with E-state index in [-0.39, 0.29) is 17.3 Å². The first-order chi connectivity index (χ1) is 12.5. The molecule has 0 N–H and O–H groups in total. The molecule has 0 aromatic heterocycles. The molecule has 0 aliphatic carbocycles. The van der Waals surface area contributed by atoms with Crippen LogP contribution in [0.5, 0.6) is 5.75 Å². The Hall–Kier alpha value is -2.01. The largest absolute Gasteiger partial charge is 0.486 e. The molecule has 0 radical (unpaired) electrons. The molecule has 0 saturated carbocycles. The van der Waals surface area contributed by atoms with Gasteiger partial charge in [-0.3, -0.25) is 0 Å². The molecule has 3 aromatic carbocycles. The second kappa shape index (κ2) is 8.12. The summed E-state index contributed by atoms with van der Waals surface area (Å²) in [5, 5.41) is 0.860. The molecule has 134 valence electrons. The molecular weight excluding hydrogens is 391 g/mol. The lowest BCUT2D eigenvalue weighted by Crippen LogP contribution is -2.05. The zero-order chi connectivity index (χ0) is 18.6. The van der Waals surface area contributed by atoms with E-state index in [1.165, 1.54) is 0 Å². The van der Waals surface area contributed by atoms with Crippen molar-refractivity contribution in [3.05, 3.63) is 94.0 Å². The zero-order valence-corrected chi connectivity index (χ0v) is 16.1. The van der Waals surface area contributed by atoms with E-state index in [0.29, 0.717) is 15.8 Å². The summed E-state index contributed by atoms with van der Waals surface area (Å²) >= 11 is 12.1. The Morgan fingerprint density at radius 3 is 1.96 bits per heavy atom. The first kappa shape index (κ1) is 18.8. The molecule has 0 atom stereocenters. The van der Waals surface area contributed by atoms with Crippen molar-refractivity contribution in [3.63, 3.8) is 0 Å². The second-order valence-corrected chi connectivity index (χ2v) is 8.53. The topological polar surface area (TPSA) is 43.4 Å². The van der Waals surface area contributed by atoms with E-state index in [4.69, 9.17) is 27.9 Å². The second-order valence-electron chi connectivity index (χ2n) is 5.73. The summed E-state index contributed by atoms with van der Waals surface area (Å²) in [5.41, 5.74) is 1.58. The van der Waals surface area contributed by atoms with Gasteiger partial charge < -0.3 is 4.74 Å². The maximum Gasteiger partial charge on any atom is 0.182 e. The van der Waals surface area contributed by atoms with Crippen LogP contribution in [0.2, 0.25) is 10.0 Å². The fraction of sp³-hybridized carbons (Fsp3) is 0.100. The van der Waals surface area contributed by atoms with Crippen LogP contribution in [0, 0.1) is 0 Å². The third kappa shape index (κ3) is 4.58.